The highest BCUT2D eigenvalue weighted by Crippen LogP contribution is 2.31. The van der Waals surface area contributed by atoms with Gasteiger partial charge in [-0.25, -0.2) is 0 Å². The monoisotopic (exact) mass is 220 g/mol. The van der Waals surface area contributed by atoms with E-state index < -0.39 is 0 Å². The van der Waals surface area contributed by atoms with Crippen LogP contribution in [-0.4, -0.2) is 18.3 Å². The Morgan fingerprint density at radius 1 is 1.38 bits per heavy atom. The number of aliphatic hydroxyl groups is 1. The Kier molecular flexibility index (Phi) is 3.62. The van der Waals surface area contributed by atoms with E-state index >= 15 is 0 Å². The summed E-state index contributed by atoms with van der Waals surface area (Å²) in [4.78, 5) is 0. The zero-order valence-electron chi connectivity index (χ0n) is 10.1. The largest absolute Gasteiger partial charge is 0.388 e. The fourth-order valence-corrected chi connectivity index (χ4v) is 2.36. The smallest absolute Gasteiger partial charge is 0.0842 e. The van der Waals surface area contributed by atoms with Crippen LogP contribution in [0.15, 0.2) is 18.2 Å². The van der Waals surface area contributed by atoms with Gasteiger partial charge in [0.1, 0.15) is 0 Å². The van der Waals surface area contributed by atoms with Gasteiger partial charge in [-0.05, 0) is 43.4 Å². The molecular weight excluding hydrogens is 200 g/mol. The molecule has 1 aromatic rings. The summed E-state index contributed by atoms with van der Waals surface area (Å²) in [6.45, 7) is 5.70. The predicted molar refractivity (Wildman–Crippen MR) is 64.4 cm³/mol. The van der Waals surface area contributed by atoms with Crippen molar-refractivity contribution in [1.82, 2.24) is 0 Å². The molecule has 2 unspecified atom stereocenters. The maximum Gasteiger partial charge on any atom is 0.0842 e. The number of aliphatic hydroxyl groups excluding tert-OH is 1. The van der Waals surface area contributed by atoms with Crippen LogP contribution >= 0.6 is 0 Å². The van der Waals surface area contributed by atoms with E-state index in [0.29, 0.717) is 6.61 Å². The van der Waals surface area contributed by atoms with Crippen LogP contribution in [0, 0.1) is 19.8 Å². The Morgan fingerprint density at radius 3 is 2.88 bits per heavy atom. The van der Waals surface area contributed by atoms with Crippen LogP contribution in [0.1, 0.15) is 35.6 Å². The summed E-state index contributed by atoms with van der Waals surface area (Å²) in [7, 11) is 0. The minimum Gasteiger partial charge on any atom is -0.388 e. The van der Waals surface area contributed by atoms with E-state index in [9.17, 15) is 5.11 Å². The van der Waals surface area contributed by atoms with E-state index in [4.69, 9.17) is 4.74 Å². The van der Waals surface area contributed by atoms with Crippen LogP contribution in [0.5, 0.6) is 0 Å². The molecule has 0 aromatic heterocycles. The van der Waals surface area contributed by atoms with Crippen molar-refractivity contribution in [2.75, 3.05) is 13.2 Å². The first-order valence-electron chi connectivity index (χ1n) is 6.02. The SMILES string of the molecule is Cc1cccc(C(O)C2CCCOC2)c1C. The molecule has 0 aliphatic carbocycles. The summed E-state index contributed by atoms with van der Waals surface area (Å²) < 4.78 is 5.43. The summed E-state index contributed by atoms with van der Waals surface area (Å²) in [5, 5.41) is 10.4. The maximum atomic E-state index is 10.4. The zero-order chi connectivity index (χ0) is 11.5. The first-order chi connectivity index (χ1) is 7.70. The minimum atomic E-state index is -0.375. The van der Waals surface area contributed by atoms with E-state index in [1.54, 1.807) is 0 Å². The Balaban J connectivity index is 2.19. The number of ether oxygens (including phenoxy) is 1. The third kappa shape index (κ3) is 2.28. The molecule has 1 aromatic carbocycles. The lowest BCUT2D eigenvalue weighted by Gasteiger charge is -2.28. The van der Waals surface area contributed by atoms with Crippen molar-refractivity contribution in [1.29, 1.82) is 0 Å². The number of hydrogen-bond donors (Lipinski definition) is 1. The van der Waals surface area contributed by atoms with Crippen molar-refractivity contribution >= 4 is 0 Å². The van der Waals surface area contributed by atoms with Gasteiger partial charge in [0.15, 0.2) is 0 Å². The van der Waals surface area contributed by atoms with E-state index in [0.717, 1.165) is 25.0 Å². The van der Waals surface area contributed by atoms with Gasteiger partial charge >= 0.3 is 0 Å². The Morgan fingerprint density at radius 2 is 2.19 bits per heavy atom. The topological polar surface area (TPSA) is 29.5 Å². The summed E-state index contributed by atoms with van der Waals surface area (Å²) in [6.07, 6.45) is 1.75. The van der Waals surface area contributed by atoms with Gasteiger partial charge in [0, 0.05) is 12.5 Å². The second kappa shape index (κ2) is 4.98. The molecule has 1 fully saturated rings. The van der Waals surface area contributed by atoms with Crippen molar-refractivity contribution < 1.29 is 9.84 Å². The molecule has 2 heteroatoms. The Hall–Kier alpha value is -0.860. The average molecular weight is 220 g/mol. The highest BCUT2D eigenvalue weighted by Gasteiger charge is 2.24. The van der Waals surface area contributed by atoms with Crippen molar-refractivity contribution in [3.63, 3.8) is 0 Å². The molecule has 2 rings (SSSR count). The third-order valence-electron chi connectivity index (χ3n) is 3.61. The molecule has 1 N–H and O–H groups in total. The second-order valence-electron chi connectivity index (χ2n) is 4.71. The zero-order valence-corrected chi connectivity index (χ0v) is 10.1. The maximum absolute atomic E-state index is 10.4. The second-order valence-corrected chi connectivity index (χ2v) is 4.71. The van der Waals surface area contributed by atoms with Gasteiger partial charge < -0.3 is 9.84 Å². The van der Waals surface area contributed by atoms with Gasteiger partial charge in [0.25, 0.3) is 0 Å². The standard InChI is InChI=1S/C14H20O2/c1-10-5-3-7-13(11(10)2)14(15)12-6-4-8-16-9-12/h3,5,7,12,14-15H,4,6,8-9H2,1-2H3. The van der Waals surface area contributed by atoms with Crippen LogP contribution in [0.3, 0.4) is 0 Å². The van der Waals surface area contributed by atoms with Crippen molar-refractivity contribution in [2.24, 2.45) is 5.92 Å². The molecule has 1 aliphatic heterocycles. The Labute approximate surface area is 97.3 Å². The minimum absolute atomic E-state index is 0.259. The molecule has 0 bridgehead atoms. The molecule has 0 spiro atoms. The Bertz CT molecular complexity index is 354. The molecule has 1 saturated heterocycles. The summed E-state index contributed by atoms with van der Waals surface area (Å²) in [5.74, 6) is 0.259. The summed E-state index contributed by atoms with van der Waals surface area (Å²) in [5.41, 5.74) is 3.52. The fourth-order valence-electron chi connectivity index (χ4n) is 2.36. The molecule has 0 radical (unpaired) electrons. The number of rotatable bonds is 2. The molecule has 16 heavy (non-hydrogen) atoms. The van der Waals surface area contributed by atoms with Gasteiger partial charge in [-0.1, -0.05) is 18.2 Å². The summed E-state index contributed by atoms with van der Waals surface area (Å²) in [6, 6.07) is 6.13. The molecule has 1 aliphatic rings. The fraction of sp³-hybridized carbons (Fsp3) is 0.571. The van der Waals surface area contributed by atoms with Crippen LogP contribution in [0.2, 0.25) is 0 Å². The first kappa shape index (κ1) is 11.6. The van der Waals surface area contributed by atoms with Gasteiger partial charge in [0.05, 0.1) is 12.7 Å². The van der Waals surface area contributed by atoms with Gasteiger partial charge in [-0.3, -0.25) is 0 Å². The first-order valence-corrected chi connectivity index (χ1v) is 6.02. The third-order valence-corrected chi connectivity index (χ3v) is 3.61. The normalized spacial score (nSPS) is 23.1. The lowest BCUT2D eigenvalue weighted by atomic mass is 9.88. The van der Waals surface area contributed by atoms with E-state index in [1.165, 1.54) is 11.1 Å². The molecule has 2 nitrogen and oxygen atoms in total. The van der Waals surface area contributed by atoms with Gasteiger partial charge in [0.2, 0.25) is 0 Å². The van der Waals surface area contributed by atoms with Crippen LogP contribution in [-0.2, 0) is 4.74 Å². The summed E-state index contributed by atoms with van der Waals surface area (Å²) >= 11 is 0. The van der Waals surface area contributed by atoms with Crippen molar-refractivity contribution in [3.8, 4) is 0 Å². The lowest BCUT2D eigenvalue weighted by Crippen LogP contribution is -2.24. The molecule has 2 atom stereocenters. The molecule has 88 valence electrons. The van der Waals surface area contributed by atoms with Crippen molar-refractivity contribution in [3.05, 3.63) is 34.9 Å². The number of aryl methyl sites for hydroxylation is 1. The van der Waals surface area contributed by atoms with Crippen LogP contribution < -0.4 is 0 Å². The van der Waals surface area contributed by atoms with E-state index in [1.807, 2.05) is 12.1 Å². The predicted octanol–water partition coefficient (Wildman–Crippen LogP) is 2.76. The van der Waals surface area contributed by atoms with Crippen LogP contribution in [0.25, 0.3) is 0 Å². The quantitative estimate of drug-likeness (QED) is 0.830. The van der Waals surface area contributed by atoms with Crippen LogP contribution in [0.4, 0.5) is 0 Å². The highest BCUT2D eigenvalue weighted by atomic mass is 16.5. The van der Waals surface area contributed by atoms with Crippen molar-refractivity contribution in [2.45, 2.75) is 32.8 Å². The van der Waals surface area contributed by atoms with E-state index in [2.05, 4.69) is 19.9 Å². The highest BCUT2D eigenvalue weighted by molar-refractivity contribution is 5.34. The number of benzene rings is 1. The van der Waals surface area contributed by atoms with Gasteiger partial charge in [-0.15, -0.1) is 0 Å². The molecular formula is C14H20O2. The van der Waals surface area contributed by atoms with Gasteiger partial charge in [-0.2, -0.15) is 0 Å². The molecule has 0 amide bonds. The number of hydrogen-bond acceptors (Lipinski definition) is 2. The molecule has 1 heterocycles. The average Bonchev–Trinajstić information content (AvgIpc) is 2.33. The molecule has 0 saturated carbocycles. The lowest BCUT2D eigenvalue weighted by molar-refractivity contribution is -0.0102. The van der Waals surface area contributed by atoms with E-state index in [-0.39, 0.29) is 12.0 Å².